The Labute approximate surface area is 132 Å². The Hall–Kier alpha value is -0.430. The molecule has 0 amide bonds. The van der Waals surface area contributed by atoms with E-state index in [1.54, 1.807) is 10.4 Å². The van der Waals surface area contributed by atoms with Gasteiger partial charge in [-0.15, -0.1) is 11.3 Å². The third-order valence-electron chi connectivity index (χ3n) is 3.97. The first-order valence-corrected chi connectivity index (χ1v) is 10.0. The van der Waals surface area contributed by atoms with Crippen molar-refractivity contribution in [3.8, 4) is 0 Å². The number of hydrogen-bond donors (Lipinski definition) is 1. The van der Waals surface area contributed by atoms with Gasteiger partial charge >= 0.3 is 0 Å². The summed E-state index contributed by atoms with van der Waals surface area (Å²) >= 11 is 1.52. The van der Waals surface area contributed by atoms with Gasteiger partial charge in [-0.05, 0) is 36.6 Å². The van der Waals surface area contributed by atoms with E-state index in [9.17, 15) is 8.42 Å². The number of sulfonamides is 1. The van der Waals surface area contributed by atoms with Gasteiger partial charge in [-0.2, -0.15) is 4.31 Å². The van der Waals surface area contributed by atoms with E-state index < -0.39 is 10.0 Å². The lowest BCUT2D eigenvalue weighted by Gasteiger charge is -2.20. The Morgan fingerprint density at radius 3 is 2.86 bits per heavy atom. The summed E-state index contributed by atoms with van der Waals surface area (Å²) in [4.78, 5) is 1.41. The van der Waals surface area contributed by atoms with Crippen LogP contribution in [0.1, 0.15) is 44.9 Å². The van der Waals surface area contributed by atoms with E-state index in [0.717, 1.165) is 24.1 Å². The molecule has 0 saturated carbocycles. The van der Waals surface area contributed by atoms with E-state index in [4.69, 9.17) is 0 Å². The molecule has 120 valence electrons. The molecule has 1 aromatic rings. The smallest absolute Gasteiger partial charge is 0.244 e. The van der Waals surface area contributed by atoms with Crippen molar-refractivity contribution in [2.75, 3.05) is 13.1 Å². The SMILES string of the molecule is CC1CCCN(S(=O)(=O)c2ccsc2CNC(C)C)CC1. The van der Waals surface area contributed by atoms with Gasteiger partial charge in [0.25, 0.3) is 0 Å². The zero-order valence-corrected chi connectivity index (χ0v) is 14.8. The second-order valence-electron chi connectivity index (χ2n) is 6.18. The van der Waals surface area contributed by atoms with Gasteiger partial charge in [0, 0.05) is 30.6 Å². The summed E-state index contributed by atoms with van der Waals surface area (Å²) < 4.78 is 27.4. The topological polar surface area (TPSA) is 49.4 Å². The van der Waals surface area contributed by atoms with Crippen LogP contribution in [0.5, 0.6) is 0 Å². The monoisotopic (exact) mass is 330 g/mol. The van der Waals surface area contributed by atoms with Crippen molar-refractivity contribution in [1.82, 2.24) is 9.62 Å². The summed E-state index contributed by atoms with van der Waals surface area (Å²) in [5.74, 6) is 0.620. The van der Waals surface area contributed by atoms with E-state index in [1.165, 1.54) is 11.3 Å². The lowest BCUT2D eigenvalue weighted by Crippen LogP contribution is -2.33. The van der Waals surface area contributed by atoms with Crippen molar-refractivity contribution in [2.24, 2.45) is 5.92 Å². The Balaban J connectivity index is 2.17. The van der Waals surface area contributed by atoms with Crippen LogP contribution in [-0.4, -0.2) is 31.9 Å². The van der Waals surface area contributed by atoms with Crippen LogP contribution >= 0.6 is 11.3 Å². The van der Waals surface area contributed by atoms with Crippen molar-refractivity contribution in [1.29, 1.82) is 0 Å². The molecule has 1 aliphatic heterocycles. The molecule has 0 spiro atoms. The molecule has 0 bridgehead atoms. The highest BCUT2D eigenvalue weighted by Gasteiger charge is 2.29. The third kappa shape index (κ3) is 4.28. The van der Waals surface area contributed by atoms with Crippen LogP contribution in [0.25, 0.3) is 0 Å². The first-order chi connectivity index (χ1) is 9.91. The van der Waals surface area contributed by atoms with Crippen molar-refractivity contribution < 1.29 is 8.42 Å². The molecule has 1 unspecified atom stereocenters. The number of rotatable bonds is 5. The van der Waals surface area contributed by atoms with Crippen LogP contribution in [0.4, 0.5) is 0 Å². The molecule has 0 aliphatic carbocycles. The average Bonchev–Trinajstić information content (AvgIpc) is 2.78. The second kappa shape index (κ2) is 7.22. The minimum absolute atomic E-state index is 0.349. The summed E-state index contributed by atoms with van der Waals surface area (Å²) in [6, 6.07) is 2.10. The van der Waals surface area contributed by atoms with Crippen molar-refractivity contribution >= 4 is 21.4 Å². The summed E-state index contributed by atoms with van der Waals surface area (Å²) in [6.45, 7) is 8.26. The summed E-state index contributed by atoms with van der Waals surface area (Å²) in [5, 5.41) is 5.19. The van der Waals surface area contributed by atoms with Gasteiger partial charge < -0.3 is 5.32 Å². The van der Waals surface area contributed by atoms with E-state index in [-0.39, 0.29) is 0 Å². The largest absolute Gasteiger partial charge is 0.310 e. The van der Waals surface area contributed by atoms with E-state index in [2.05, 4.69) is 26.1 Å². The summed E-state index contributed by atoms with van der Waals surface area (Å²) in [7, 11) is -3.34. The van der Waals surface area contributed by atoms with E-state index in [0.29, 0.717) is 36.5 Å². The highest BCUT2D eigenvalue weighted by atomic mass is 32.2. The number of thiophene rings is 1. The average molecular weight is 331 g/mol. The molecule has 0 aromatic carbocycles. The fraction of sp³-hybridized carbons (Fsp3) is 0.733. The summed E-state index contributed by atoms with van der Waals surface area (Å²) in [5.41, 5.74) is 0. The predicted molar refractivity (Wildman–Crippen MR) is 88.1 cm³/mol. The minimum atomic E-state index is -3.34. The van der Waals surface area contributed by atoms with Gasteiger partial charge in [-0.3, -0.25) is 0 Å². The minimum Gasteiger partial charge on any atom is -0.310 e. The molecule has 2 heterocycles. The van der Waals surface area contributed by atoms with Gasteiger partial charge in [0.2, 0.25) is 10.0 Å². The highest BCUT2D eigenvalue weighted by molar-refractivity contribution is 7.89. The zero-order chi connectivity index (χ0) is 15.5. The van der Waals surface area contributed by atoms with Crippen LogP contribution in [0.3, 0.4) is 0 Å². The predicted octanol–water partition coefficient (Wildman–Crippen LogP) is 3.06. The molecule has 21 heavy (non-hydrogen) atoms. The van der Waals surface area contributed by atoms with Gasteiger partial charge in [-0.1, -0.05) is 20.8 Å². The molecule has 6 heteroatoms. The molecule has 1 aliphatic rings. The molecule has 1 N–H and O–H groups in total. The Morgan fingerprint density at radius 1 is 1.38 bits per heavy atom. The number of hydrogen-bond acceptors (Lipinski definition) is 4. The molecule has 4 nitrogen and oxygen atoms in total. The van der Waals surface area contributed by atoms with Crippen molar-refractivity contribution in [2.45, 2.75) is 57.5 Å². The molecule has 1 atom stereocenters. The normalized spacial score (nSPS) is 21.6. The van der Waals surface area contributed by atoms with Gasteiger partial charge in [-0.25, -0.2) is 8.42 Å². The molecule has 2 rings (SSSR count). The van der Waals surface area contributed by atoms with Gasteiger partial charge in [0.1, 0.15) is 0 Å². The molecule has 1 saturated heterocycles. The number of nitrogens with zero attached hydrogens (tertiary/aromatic N) is 1. The molecular formula is C15H26N2O2S2. The fourth-order valence-corrected chi connectivity index (χ4v) is 5.46. The standard InChI is InChI=1S/C15H26N2O2S2/c1-12(2)16-11-14-15(7-10-20-14)21(18,19)17-8-4-5-13(3)6-9-17/h7,10,12-13,16H,4-6,8-9,11H2,1-3H3. The highest BCUT2D eigenvalue weighted by Crippen LogP contribution is 2.28. The Bertz CT molecular complexity index is 552. The van der Waals surface area contributed by atoms with E-state index >= 15 is 0 Å². The van der Waals surface area contributed by atoms with Gasteiger partial charge in [0.05, 0.1) is 4.90 Å². The maximum Gasteiger partial charge on any atom is 0.244 e. The lowest BCUT2D eigenvalue weighted by atomic mass is 10.0. The molecular weight excluding hydrogens is 304 g/mol. The van der Waals surface area contributed by atoms with Crippen LogP contribution in [0.15, 0.2) is 16.3 Å². The van der Waals surface area contributed by atoms with Crippen LogP contribution in [0, 0.1) is 5.92 Å². The fourth-order valence-electron chi connectivity index (χ4n) is 2.60. The number of nitrogens with one attached hydrogen (secondary N) is 1. The zero-order valence-electron chi connectivity index (χ0n) is 13.1. The van der Waals surface area contributed by atoms with Gasteiger partial charge in [0.15, 0.2) is 0 Å². The Morgan fingerprint density at radius 2 is 2.14 bits per heavy atom. The lowest BCUT2D eigenvalue weighted by molar-refractivity contribution is 0.416. The molecule has 1 fully saturated rings. The first kappa shape index (κ1) is 16.9. The third-order valence-corrected chi connectivity index (χ3v) is 7.00. The van der Waals surface area contributed by atoms with Crippen LogP contribution in [0.2, 0.25) is 0 Å². The summed E-state index contributed by atoms with van der Waals surface area (Å²) in [6.07, 6.45) is 3.05. The first-order valence-electron chi connectivity index (χ1n) is 7.71. The van der Waals surface area contributed by atoms with Crippen LogP contribution < -0.4 is 5.32 Å². The van der Waals surface area contributed by atoms with E-state index in [1.807, 2.05) is 5.38 Å². The van der Waals surface area contributed by atoms with Crippen molar-refractivity contribution in [3.63, 3.8) is 0 Å². The quantitative estimate of drug-likeness (QED) is 0.903. The van der Waals surface area contributed by atoms with Crippen molar-refractivity contribution in [3.05, 3.63) is 16.3 Å². The maximum absolute atomic E-state index is 12.9. The molecule has 0 radical (unpaired) electrons. The second-order valence-corrected chi connectivity index (χ2v) is 9.09. The van der Waals surface area contributed by atoms with Crippen LogP contribution in [-0.2, 0) is 16.6 Å². The Kier molecular flexibility index (Phi) is 5.82. The molecule has 1 aromatic heterocycles. The maximum atomic E-state index is 12.9.